The Kier molecular flexibility index (Phi) is 12.0. The van der Waals surface area contributed by atoms with E-state index >= 15 is 0 Å². The average molecular weight is 701 g/mol. The van der Waals surface area contributed by atoms with Gasteiger partial charge in [-0.25, -0.2) is 9.59 Å². The third-order valence-corrected chi connectivity index (χ3v) is 10.7. The second-order valence-electron chi connectivity index (χ2n) is 13.9. The number of hydrogen-bond donors (Lipinski definition) is 2. The number of aromatic hydroxyl groups is 1. The molecular weight excluding hydrogens is 651 g/mol. The predicted molar refractivity (Wildman–Crippen MR) is 192 cm³/mol. The van der Waals surface area contributed by atoms with Crippen molar-refractivity contribution in [3.05, 3.63) is 53.6 Å². The third-order valence-electron chi connectivity index (χ3n) is 10.7. The second kappa shape index (κ2) is 16.8. The Morgan fingerprint density at radius 1 is 0.902 bits per heavy atom. The number of likely N-dealkylation sites (tertiary alicyclic amines) is 2. The molecule has 4 amide bonds. The lowest BCUT2D eigenvalue weighted by Gasteiger charge is -2.43. The van der Waals surface area contributed by atoms with Crippen LogP contribution in [0.4, 0.5) is 15.3 Å². The van der Waals surface area contributed by atoms with Gasteiger partial charge < -0.3 is 34.6 Å². The molecule has 13 nitrogen and oxygen atoms in total. The smallest absolute Gasteiger partial charge is 0.410 e. The van der Waals surface area contributed by atoms with E-state index in [0.29, 0.717) is 83.4 Å². The van der Waals surface area contributed by atoms with E-state index in [9.17, 15) is 24.3 Å². The maximum absolute atomic E-state index is 14.0. The van der Waals surface area contributed by atoms with Crippen LogP contribution in [0.15, 0.2) is 42.5 Å². The van der Waals surface area contributed by atoms with Gasteiger partial charge in [0.1, 0.15) is 13.6 Å². The van der Waals surface area contributed by atoms with Crippen LogP contribution in [0.25, 0.3) is 0 Å². The molecule has 0 bridgehead atoms. The van der Waals surface area contributed by atoms with Crippen LogP contribution in [0.2, 0.25) is 0 Å². The number of piperidine rings is 2. The van der Waals surface area contributed by atoms with Gasteiger partial charge in [-0.05, 0) is 62.3 Å². The van der Waals surface area contributed by atoms with Gasteiger partial charge in [0.05, 0.1) is 13.2 Å². The number of urea groups is 1. The zero-order chi connectivity index (χ0) is 35.9. The summed E-state index contributed by atoms with van der Waals surface area (Å²) in [5, 5.41) is 13.0. The summed E-state index contributed by atoms with van der Waals surface area (Å²) in [4.78, 5) is 62.4. The Morgan fingerprint density at radius 3 is 2.31 bits per heavy atom. The van der Waals surface area contributed by atoms with Gasteiger partial charge in [0.15, 0.2) is 6.10 Å². The lowest BCUT2D eigenvalue weighted by atomic mass is 9.91. The lowest BCUT2D eigenvalue weighted by molar-refractivity contribution is -0.144. The SMILES string of the molecule is [B]c1cc(C[C@@H](OC(=O)N2CCC(N3CCc4ccccc4NC3=O)CC2)C(=O)N2CCN(C3CCN(CC(=O)OCC)CC3)CC2)ccc1O. The summed E-state index contributed by atoms with van der Waals surface area (Å²) in [5.41, 5.74) is 2.81. The summed E-state index contributed by atoms with van der Waals surface area (Å²) in [5.74, 6) is -0.493. The first-order valence-corrected chi connectivity index (χ1v) is 18.3. The number of esters is 1. The standard InChI is InChI=1S/C37H49BN6O7/c1-2-50-34(46)25-40-14-10-28(11-15-40)41-19-21-42(22-20-41)35(47)33(24-26-7-8-32(45)30(38)23-26)51-37(49)43-16-12-29(13-17-43)44-18-9-27-5-3-4-6-31(27)39-36(44)48/h3-8,23,28-29,33,45H,2,9-22,24-25H2,1H3,(H,39,48)/t33-/m1/s1. The minimum atomic E-state index is -1.06. The van der Waals surface area contributed by atoms with Gasteiger partial charge in [0.2, 0.25) is 0 Å². The number of carbonyl (C=O) groups excluding carboxylic acids is 4. The van der Waals surface area contributed by atoms with Crippen molar-refractivity contribution in [2.75, 3.05) is 77.4 Å². The highest BCUT2D eigenvalue weighted by atomic mass is 16.6. The van der Waals surface area contributed by atoms with Crippen molar-refractivity contribution >= 4 is 43.0 Å². The molecule has 4 aliphatic heterocycles. The normalized spacial score (nSPS) is 20.3. The summed E-state index contributed by atoms with van der Waals surface area (Å²) in [7, 11) is 5.96. The van der Waals surface area contributed by atoms with Crippen LogP contribution < -0.4 is 10.8 Å². The van der Waals surface area contributed by atoms with E-state index in [-0.39, 0.29) is 41.6 Å². The van der Waals surface area contributed by atoms with Crippen LogP contribution >= 0.6 is 0 Å². The first-order chi connectivity index (χ1) is 24.7. The van der Waals surface area contributed by atoms with Gasteiger partial charge in [-0.2, -0.15) is 0 Å². The van der Waals surface area contributed by atoms with E-state index in [0.717, 1.165) is 43.6 Å². The van der Waals surface area contributed by atoms with Crippen molar-refractivity contribution in [2.45, 2.75) is 63.6 Å². The van der Waals surface area contributed by atoms with E-state index in [1.54, 1.807) is 21.9 Å². The molecule has 3 saturated heterocycles. The van der Waals surface area contributed by atoms with Crippen molar-refractivity contribution in [1.29, 1.82) is 0 Å². The van der Waals surface area contributed by atoms with E-state index in [2.05, 4.69) is 15.1 Å². The number of nitrogens with zero attached hydrogens (tertiary/aromatic N) is 5. The number of nitrogens with one attached hydrogen (secondary N) is 1. The number of carbonyl (C=O) groups is 4. The zero-order valence-electron chi connectivity index (χ0n) is 29.5. The number of ether oxygens (including phenoxy) is 2. The molecular formula is C37H49BN6O7. The summed E-state index contributed by atoms with van der Waals surface area (Å²) in [6.07, 6.45) is 2.37. The fraction of sp³-hybridized carbons (Fsp3) is 0.568. The number of amides is 4. The van der Waals surface area contributed by atoms with Crippen LogP contribution in [-0.2, 0) is 31.9 Å². The predicted octanol–water partition coefficient (Wildman–Crippen LogP) is 1.96. The van der Waals surface area contributed by atoms with Crippen molar-refractivity contribution in [2.24, 2.45) is 0 Å². The average Bonchev–Trinajstić information content (AvgIpc) is 3.31. The molecule has 0 aliphatic carbocycles. The molecule has 14 heteroatoms. The lowest BCUT2D eigenvalue weighted by Crippen LogP contribution is -2.57. The number of hydrogen-bond acceptors (Lipinski definition) is 9. The molecule has 3 fully saturated rings. The van der Waals surface area contributed by atoms with Gasteiger partial charge in [-0.1, -0.05) is 35.8 Å². The van der Waals surface area contributed by atoms with Gasteiger partial charge >= 0.3 is 18.1 Å². The maximum Gasteiger partial charge on any atom is 0.410 e. The molecule has 2 aromatic carbocycles. The van der Waals surface area contributed by atoms with E-state index in [1.165, 1.54) is 6.07 Å². The fourth-order valence-electron chi connectivity index (χ4n) is 7.76. The minimum absolute atomic E-state index is 0.0122. The minimum Gasteiger partial charge on any atom is -0.509 e. The Labute approximate surface area is 301 Å². The Morgan fingerprint density at radius 2 is 1.61 bits per heavy atom. The number of fused-ring (bicyclic) bond motifs is 1. The molecule has 51 heavy (non-hydrogen) atoms. The first kappa shape index (κ1) is 36.5. The third kappa shape index (κ3) is 9.15. The number of phenolic OH excluding ortho intramolecular Hbond substituents is 1. The van der Waals surface area contributed by atoms with Gasteiger partial charge in [-0.15, -0.1) is 0 Å². The van der Waals surface area contributed by atoms with Gasteiger partial charge in [0, 0.05) is 83.1 Å². The maximum atomic E-state index is 14.0. The summed E-state index contributed by atoms with van der Waals surface area (Å²) in [6, 6.07) is 12.8. The molecule has 4 aliphatic rings. The quantitative estimate of drug-likeness (QED) is 0.298. The molecule has 0 unspecified atom stereocenters. The molecule has 6 rings (SSSR count). The van der Waals surface area contributed by atoms with Crippen LogP contribution in [0.1, 0.15) is 43.7 Å². The number of benzene rings is 2. The highest BCUT2D eigenvalue weighted by Gasteiger charge is 2.36. The molecule has 1 atom stereocenters. The number of piperazine rings is 1. The van der Waals surface area contributed by atoms with Crippen LogP contribution in [0.3, 0.4) is 0 Å². The fourth-order valence-corrected chi connectivity index (χ4v) is 7.76. The number of anilines is 1. The monoisotopic (exact) mass is 700 g/mol. The molecule has 272 valence electrons. The topological polar surface area (TPSA) is 135 Å². The highest BCUT2D eigenvalue weighted by Crippen LogP contribution is 2.26. The van der Waals surface area contributed by atoms with E-state index in [1.807, 2.05) is 36.1 Å². The number of para-hydroxylation sites is 1. The molecule has 2 N–H and O–H groups in total. The molecule has 2 radical (unpaired) electrons. The van der Waals surface area contributed by atoms with Crippen molar-refractivity contribution < 1.29 is 33.8 Å². The van der Waals surface area contributed by atoms with Gasteiger partial charge in [0.25, 0.3) is 5.91 Å². The van der Waals surface area contributed by atoms with E-state index < -0.39 is 12.2 Å². The van der Waals surface area contributed by atoms with Crippen LogP contribution in [-0.4, -0.2) is 152 Å². The molecule has 0 spiro atoms. The summed E-state index contributed by atoms with van der Waals surface area (Å²) >= 11 is 0. The second-order valence-corrected chi connectivity index (χ2v) is 13.9. The Hall–Kier alpha value is -4.30. The largest absolute Gasteiger partial charge is 0.509 e. The van der Waals surface area contributed by atoms with Crippen LogP contribution in [0, 0.1) is 0 Å². The van der Waals surface area contributed by atoms with E-state index in [4.69, 9.17) is 17.3 Å². The van der Waals surface area contributed by atoms with Crippen molar-refractivity contribution in [1.82, 2.24) is 24.5 Å². The molecule has 2 aromatic rings. The van der Waals surface area contributed by atoms with Gasteiger partial charge in [-0.3, -0.25) is 19.4 Å². The Bertz CT molecular complexity index is 1550. The van der Waals surface area contributed by atoms with Crippen LogP contribution in [0.5, 0.6) is 5.75 Å². The zero-order valence-corrected chi connectivity index (χ0v) is 29.5. The number of rotatable bonds is 9. The van der Waals surface area contributed by atoms with Crippen molar-refractivity contribution in [3.8, 4) is 5.75 Å². The Balaban J connectivity index is 1.03. The summed E-state index contributed by atoms with van der Waals surface area (Å²) < 4.78 is 11.1. The first-order valence-electron chi connectivity index (χ1n) is 18.3. The highest BCUT2D eigenvalue weighted by molar-refractivity contribution is 6.34. The molecule has 0 saturated carbocycles. The van der Waals surface area contributed by atoms with Crippen molar-refractivity contribution in [3.63, 3.8) is 0 Å². The molecule has 4 heterocycles. The summed E-state index contributed by atoms with van der Waals surface area (Å²) in [6.45, 7) is 8.04. The molecule has 0 aromatic heterocycles. The number of phenols is 1.